The molecule has 0 amide bonds. The maximum Gasteiger partial charge on any atom is 0.325 e. The molecule has 2 N–H and O–H groups in total. The first-order valence-electron chi connectivity index (χ1n) is 21.3. The Kier molecular flexibility index (Phi) is 14.5. The van der Waals surface area contributed by atoms with E-state index < -0.39 is 12.0 Å². The molecule has 0 radical (unpaired) electrons. The number of hydrogen-bond donors (Lipinski definition) is 2. The van der Waals surface area contributed by atoms with Gasteiger partial charge >= 0.3 is 5.97 Å². The maximum atomic E-state index is 12.3. The third-order valence-corrected chi connectivity index (χ3v) is 12.7. The number of unbranched alkanes of at least 4 members (excludes halogenated alkanes) is 2. The van der Waals surface area contributed by atoms with Gasteiger partial charge in [0.05, 0.1) is 12.2 Å². The Morgan fingerprint density at radius 1 is 0.778 bits per heavy atom. The van der Waals surface area contributed by atoms with Crippen LogP contribution in [0.3, 0.4) is 0 Å². The van der Waals surface area contributed by atoms with E-state index in [4.69, 9.17) is 9.47 Å². The highest BCUT2D eigenvalue weighted by molar-refractivity contribution is 5.76. The highest BCUT2D eigenvalue weighted by atomic mass is 16.5. The summed E-state index contributed by atoms with van der Waals surface area (Å²) in [5.74, 6) is 1.22. The third kappa shape index (κ3) is 10.7. The summed E-state index contributed by atoms with van der Waals surface area (Å²) in [5, 5.41) is 13.4. The molecule has 3 unspecified atom stereocenters. The molecule has 5 aliphatic rings. The van der Waals surface area contributed by atoms with Crippen LogP contribution < -0.4 is 5.32 Å². The van der Waals surface area contributed by atoms with Crippen LogP contribution in [0.1, 0.15) is 129 Å². The minimum absolute atomic E-state index is 0.122. The molecule has 0 aromatic carbocycles. The Bertz CT molecular complexity index is 1610. The second kappa shape index (κ2) is 20.1. The largest absolute Gasteiger partial charge is 0.480 e. The number of aryl methyl sites for hydroxylation is 2. The first kappa shape index (κ1) is 39.0. The number of aliphatic carboxylic acids is 1. The predicted octanol–water partition coefficient (Wildman–Crippen LogP) is 7.67. The molecule has 8 rings (SSSR count). The van der Waals surface area contributed by atoms with E-state index in [1.807, 2.05) is 30.6 Å². The van der Waals surface area contributed by atoms with Gasteiger partial charge in [-0.3, -0.25) is 24.6 Å². The standard InChI is InChI=1S/C28H37N3O3.C17H26N2O/c32-28(33)27(24-10-5-15-30-26(24)22-7-3-8-22)31-16-13-23(19-31)34-17-2-1-6-20-11-12-21-9-4-14-29-25(21)18-20;1(2-11-20-16-8-10-18-13-16)4-14-6-7-15-5-3-9-19-17(15)12-14/h4-5,9-10,14-15,20,22-23,27H,1-3,6-8,11-13,16-19H2,(H,32,33);3,5,9,14,16,18H,1-2,4,6-8,10-13H2/t20?,23-,27?;14?,16-/m11/s1. The van der Waals surface area contributed by atoms with E-state index >= 15 is 0 Å². The Balaban J connectivity index is 0.000000191. The van der Waals surface area contributed by atoms with Gasteiger partial charge in [0.2, 0.25) is 0 Å². The summed E-state index contributed by atoms with van der Waals surface area (Å²) in [7, 11) is 0. The average molecular weight is 738 g/mol. The molecule has 292 valence electrons. The van der Waals surface area contributed by atoms with Crippen molar-refractivity contribution in [3.05, 3.63) is 88.8 Å². The van der Waals surface area contributed by atoms with E-state index in [-0.39, 0.29) is 6.10 Å². The molecule has 0 bridgehead atoms. The van der Waals surface area contributed by atoms with Crippen molar-refractivity contribution in [1.29, 1.82) is 0 Å². The molecule has 9 heteroatoms. The number of pyridine rings is 3. The lowest BCUT2D eigenvalue weighted by Crippen LogP contribution is -2.35. The van der Waals surface area contributed by atoms with Crippen LogP contribution in [0.15, 0.2) is 55.0 Å². The zero-order valence-corrected chi connectivity index (χ0v) is 32.4. The zero-order valence-electron chi connectivity index (χ0n) is 32.4. The molecule has 5 heterocycles. The van der Waals surface area contributed by atoms with Crippen molar-refractivity contribution >= 4 is 5.97 Å². The second-order valence-corrected chi connectivity index (χ2v) is 16.5. The molecule has 54 heavy (non-hydrogen) atoms. The molecule has 3 aromatic heterocycles. The van der Waals surface area contributed by atoms with E-state index in [0.717, 1.165) is 94.5 Å². The number of hydrogen-bond acceptors (Lipinski definition) is 8. The number of nitrogens with one attached hydrogen (secondary N) is 1. The van der Waals surface area contributed by atoms with Crippen molar-refractivity contribution < 1.29 is 19.4 Å². The molecule has 3 aromatic rings. The molecule has 2 aliphatic heterocycles. The summed E-state index contributed by atoms with van der Waals surface area (Å²) >= 11 is 0. The predicted molar refractivity (Wildman–Crippen MR) is 212 cm³/mol. The normalized spacial score (nSPS) is 24.5. The van der Waals surface area contributed by atoms with Crippen LogP contribution in [-0.4, -0.2) is 82.5 Å². The van der Waals surface area contributed by atoms with Gasteiger partial charge in [0.15, 0.2) is 0 Å². The van der Waals surface area contributed by atoms with Crippen LogP contribution in [-0.2, 0) is 40.0 Å². The minimum atomic E-state index is -0.780. The summed E-state index contributed by atoms with van der Waals surface area (Å²) < 4.78 is 12.1. The molecular weight excluding hydrogens is 675 g/mol. The summed E-state index contributed by atoms with van der Waals surface area (Å²) in [5.41, 5.74) is 7.41. The molecule has 9 nitrogen and oxygen atoms in total. The van der Waals surface area contributed by atoms with Gasteiger partial charge in [-0.15, -0.1) is 0 Å². The average Bonchev–Trinajstić information content (AvgIpc) is 3.88. The molecular formula is C45H63N5O4. The van der Waals surface area contributed by atoms with Crippen molar-refractivity contribution in [2.75, 3.05) is 39.4 Å². The van der Waals surface area contributed by atoms with Gasteiger partial charge in [-0.05, 0) is 138 Å². The lowest BCUT2D eigenvalue weighted by molar-refractivity contribution is -0.143. The van der Waals surface area contributed by atoms with E-state index in [1.165, 1.54) is 93.1 Å². The summed E-state index contributed by atoms with van der Waals surface area (Å²) in [6, 6.07) is 11.8. The number of carbonyl (C=O) groups is 1. The van der Waals surface area contributed by atoms with Crippen molar-refractivity contribution in [3.63, 3.8) is 0 Å². The number of carboxylic acids is 1. The molecule has 3 aliphatic carbocycles. The molecule has 5 atom stereocenters. The van der Waals surface area contributed by atoms with Gasteiger partial charge in [0, 0.05) is 80.0 Å². The van der Waals surface area contributed by atoms with Crippen LogP contribution in [0, 0.1) is 11.8 Å². The fourth-order valence-electron chi connectivity index (χ4n) is 9.36. The smallest absolute Gasteiger partial charge is 0.325 e. The topological polar surface area (TPSA) is 110 Å². The van der Waals surface area contributed by atoms with E-state index in [2.05, 4.69) is 43.4 Å². The quantitative estimate of drug-likeness (QED) is 0.143. The van der Waals surface area contributed by atoms with Crippen LogP contribution in [0.2, 0.25) is 0 Å². The fourth-order valence-corrected chi connectivity index (χ4v) is 9.36. The number of fused-ring (bicyclic) bond motifs is 2. The summed E-state index contributed by atoms with van der Waals surface area (Å²) in [6.45, 7) is 5.31. The lowest BCUT2D eigenvalue weighted by Gasteiger charge is -2.31. The molecule has 0 spiro atoms. The van der Waals surface area contributed by atoms with Crippen LogP contribution >= 0.6 is 0 Å². The molecule has 3 fully saturated rings. The Morgan fingerprint density at radius 3 is 2.00 bits per heavy atom. The zero-order chi connectivity index (χ0) is 37.0. The van der Waals surface area contributed by atoms with Crippen molar-refractivity contribution in [1.82, 2.24) is 25.2 Å². The number of likely N-dealkylation sites (tertiary alicyclic amines) is 1. The van der Waals surface area contributed by atoms with Crippen LogP contribution in [0.25, 0.3) is 0 Å². The number of aromatic nitrogens is 3. The summed E-state index contributed by atoms with van der Waals surface area (Å²) in [4.78, 5) is 28.1. The summed E-state index contributed by atoms with van der Waals surface area (Å²) in [6.07, 6.45) is 26.4. The highest BCUT2D eigenvalue weighted by Gasteiger charge is 2.37. The lowest BCUT2D eigenvalue weighted by atomic mass is 9.80. The second-order valence-electron chi connectivity index (χ2n) is 16.5. The maximum absolute atomic E-state index is 12.3. The number of ether oxygens (including phenoxy) is 2. The first-order valence-corrected chi connectivity index (χ1v) is 21.3. The number of nitrogens with zero attached hydrogens (tertiary/aromatic N) is 4. The van der Waals surface area contributed by atoms with E-state index in [1.54, 1.807) is 6.20 Å². The van der Waals surface area contributed by atoms with Gasteiger partial charge < -0.3 is 19.9 Å². The number of rotatable bonds is 16. The van der Waals surface area contributed by atoms with Gasteiger partial charge in [-0.1, -0.05) is 37.5 Å². The van der Waals surface area contributed by atoms with Crippen molar-refractivity contribution in [3.8, 4) is 0 Å². The monoisotopic (exact) mass is 737 g/mol. The molecule has 1 saturated carbocycles. The highest BCUT2D eigenvalue weighted by Crippen LogP contribution is 2.40. The molecule has 2 saturated heterocycles. The van der Waals surface area contributed by atoms with E-state index in [0.29, 0.717) is 18.6 Å². The number of carboxylic acid groups (broad SMARTS) is 1. The van der Waals surface area contributed by atoms with Crippen LogP contribution in [0.4, 0.5) is 0 Å². The fraction of sp³-hybridized carbons (Fsp3) is 0.644. The Hall–Kier alpha value is -3.24. The Morgan fingerprint density at radius 2 is 1.41 bits per heavy atom. The SMILES string of the molecule is O=C(O)C(c1cccnc1C1CCC1)N1CC[C@@H](OCCCCC2CCc3cccnc3C2)C1.c1cnc2c(c1)CCC(CCCCO[C@@H]1CCNC1)C2. The van der Waals surface area contributed by atoms with Crippen LogP contribution in [0.5, 0.6) is 0 Å². The van der Waals surface area contributed by atoms with Crippen molar-refractivity contribution in [2.45, 2.75) is 133 Å². The minimum Gasteiger partial charge on any atom is -0.480 e. The third-order valence-electron chi connectivity index (χ3n) is 12.7. The Labute approximate surface area is 323 Å². The van der Waals surface area contributed by atoms with E-state index in [9.17, 15) is 9.90 Å². The van der Waals surface area contributed by atoms with Gasteiger partial charge in [-0.2, -0.15) is 0 Å². The van der Waals surface area contributed by atoms with Gasteiger partial charge in [-0.25, -0.2) is 0 Å². The first-order chi connectivity index (χ1) is 26.6. The van der Waals surface area contributed by atoms with Gasteiger partial charge in [0.1, 0.15) is 6.04 Å². The van der Waals surface area contributed by atoms with Crippen molar-refractivity contribution in [2.24, 2.45) is 11.8 Å². The van der Waals surface area contributed by atoms with Gasteiger partial charge in [0.25, 0.3) is 0 Å².